The van der Waals surface area contributed by atoms with Crippen molar-refractivity contribution in [1.29, 1.82) is 0 Å². The van der Waals surface area contributed by atoms with Crippen LogP contribution in [0.5, 0.6) is 0 Å². The number of benzene rings is 3. The first-order chi connectivity index (χ1) is 15.6. The number of aryl methyl sites for hydroxylation is 1. The number of rotatable bonds is 7. The predicted molar refractivity (Wildman–Crippen MR) is 133 cm³/mol. The summed E-state index contributed by atoms with van der Waals surface area (Å²) in [5, 5.41) is 6.31. The summed E-state index contributed by atoms with van der Waals surface area (Å²) in [6.07, 6.45) is 0. The van der Waals surface area contributed by atoms with Gasteiger partial charge in [-0.05, 0) is 55.3 Å². The van der Waals surface area contributed by atoms with Gasteiger partial charge in [-0.3, -0.25) is 9.69 Å². The third-order valence-corrected chi connectivity index (χ3v) is 6.03. The molecule has 2 N–H and O–H groups in total. The van der Waals surface area contributed by atoms with E-state index in [1.165, 1.54) is 11.3 Å². The summed E-state index contributed by atoms with van der Waals surface area (Å²) < 4.78 is 0. The number of amides is 1. The molecule has 1 amide bonds. The summed E-state index contributed by atoms with van der Waals surface area (Å²) in [5.74, 6) is -0.0436. The van der Waals surface area contributed by atoms with Crippen LogP contribution in [0.4, 0.5) is 17.1 Å². The molecule has 166 valence electrons. The summed E-state index contributed by atoms with van der Waals surface area (Å²) in [6.45, 7) is 9.06. The molecule has 1 atom stereocenters. The molecule has 1 heterocycles. The summed E-state index contributed by atoms with van der Waals surface area (Å²) >= 11 is 0. The highest BCUT2D eigenvalue weighted by Gasteiger charge is 2.18. The minimum absolute atomic E-state index is 0.0436. The standard InChI is InChI=1S/C27H32N4O/c1-21-8-6-7-11-26(21)29-27(32)22(2)28-24-12-14-25(15-13-24)31-18-16-30(17-19-31)20-23-9-4-3-5-10-23/h3-15,22,28H,16-20H2,1-2H3,(H,29,32). The molecule has 1 unspecified atom stereocenters. The summed E-state index contributed by atoms with van der Waals surface area (Å²) in [4.78, 5) is 17.5. The summed E-state index contributed by atoms with van der Waals surface area (Å²) in [7, 11) is 0. The maximum absolute atomic E-state index is 12.6. The maximum atomic E-state index is 12.6. The molecule has 1 saturated heterocycles. The number of hydrogen-bond acceptors (Lipinski definition) is 4. The molecule has 32 heavy (non-hydrogen) atoms. The number of piperazine rings is 1. The van der Waals surface area contributed by atoms with E-state index in [1.807, 2.05) is 38.1 Å². The van der Waals surface area contributed by atoms with Crippen LogP contribution >= 0.6 is 0 Å². The molecule has 0 aliphatic carbocycles. The fourth-order valence-electron chi connectivity index (χ4n) is 4.04. The van der Waals surface area contributed by atoms with Crippen LogP contribution in [0, 0.1) is 6.92 Å². The fourth-order valence-corrected chi connectivity index (χ4v) is 4.04. The Labute approximate surface area is 191 Å². The first kappa shape index (κ1) is 21.9. The average molecular weight is 429 g/mol. The van der Waals surface area contributed by atoms with E-state index < -0.39 is 0 Å². The van der Waals surface area contributed by atoms with E-state index in [1.54, 1.807) is 0 Å². The van der Waals surface area contributed by atoms with Gasteiger partial charge in [-0.25, -0.2) is 0 Å². The quantitative estimate of drug-likeness (QED) is 0.570. The zero-order valence-electron chi connectivity index (χ0n) is 18.9. The molecule has 4 rings (SSSR count). The van der Waals surface area contributed by atoms with Crippen molar-refractivity contribution in [2.45, 2.75) is 26.4 Å². The number of nitrogens with one attached hydrogen (secondary N) is 2. The minimum atomic E-state index is -0.331. The normalized spacial score (nSPS) is 15.2. The van der Waals surface area contributed by atoms with Gasteiger partial charge in [0.2, 0.25) is 5.91 Å². The van der Waals surface area contributed by atoms with Crippen molar-refractivity contribution in [1.82, 2.24) is 4.90 Å². The van der Waals surface area contributed by atoms with Gasteiger partial charge in [-0.15, -0.1) is 0 Å². The van der Waals surface area contributed by atoms with Gasteiger partial charge in [-0.2, -0.15) is 0 Å². The molecule has 0 bridgehead atoms. The highest BCUT2D eigenvalue weighted by atomic mass is 16.2. The molecule has 0 spiro atoms. The molecule has 5 nitrogen and oxygen atoms in total. The summed E-state index contributed by atoms with van der Waals surface area (Å²) in [5.41, 5.74) is 5.46. The van der Waals surface area contributed by atoms with Crippen LogP contribution in [0.15, 0.2) is 78.9 Å². The van der Waals surface area contributed by atoms with Gasteiger partial charge in [0.05, 0.1) is 0 Å². The monoisotopic (exact) mass is 428 g/mol. The van der Waals surface area contributed by atoms with Crippen molar-refractivity contribution in [3.63, 3.8) is 0 Å². The molecule has 0 saturated carbocycles. The van der Waals surface area contributed by atoms with Crippen molar-refractivity contribution in [3.8, 4) is 0 Å². The highest BCUT2D eigenvalue weighted by Crippen LogP contribution is 2.21. The molecular formula is C27H32N4O. The molecule has 3 aromatic carbocycles. The average Bonchev–Trinajstić information content (AvgIpc) is 2.82. The van der Waals surface area contributed by atoms with E-state index in [9.17, 15) is 4.79 Å². The van der Waals surface area contributed by atoms with Gasteiger partial charge >= 0.3 is 0 Å². The third kappa shape index (κ3) is 5.68. The lowest BCUT2D eigenvalue weighted by Crippen LogP contribution is -2.45. The van der Waals surface area contributed by atoms with Crippen LogP contribution in [0.3, 0.4) is 0 Å². The first-order valence-electron chi connectivity index (χ1n) is 11.3. The second kappa shape index (κ2) is 10.3. The Morgan fingerprint density at radius 3 is 2.22 bits per heavy atom. The molecule has 1 fully saturated rings. The van der Waals surface area contributed by atoms with Crippen LogP contribution < -0.4 is 15.5 Å². The molecule has 1 aliphatic heterocycles. The van der Waals surface area contributed by atoms with E-state index in [0.29, 0.717) is 0 Å². The number of nitrogens with zero attached hydrogens (tertiary/aromatic N) is 2. The number of hydrogen-bond donors (Lipinski definition) is 2. The van der Waals surface area contributed by atoms with E-state index in [-0.39, 0.29) is 11.9 Å². The largest absolute Gasteiger partial charge is 0.374 e. The number of carbonyl (C=O) groups is 1. The first-order valence-corrected chi connectivity index (χ1v) is 11.3. The Hall–Kier alpha value is -3.31. The molecule has 0 radical (unpaired) electrons. The van der Waals surface area contributed by atoms with Gasteiger partial charge in [-0.1, -0.05) is 48.5 Å². The van der Waals surface area contributed by atoms with Crippen LogP contribution in [-0.4, -0.2) is 43.0 Å². The zero-order valence-corrected chi connectivity index (χ0v) is 18.9. The fraction of sp³-hybridized carbons (Fsp3) is 0.296. The Morgan fingerprint density at radius 1 is 0.875 bits per heavy atom. The number of anilines is 3. The molecular weight excluding hydrogens is 396 g/mol. The lowest BCUT2D eigenvalue weighted by Gasteiger charge is -2.36. The van der Waals surface area contributed by atoms with Crippen molar-refractivity contribution >= 4 is 23.0 Å². The van der Waals surface area contributed by atoms with E-state index >= 15 is 0 Å². The van der Waals surface area contributed by atoms with Gasteiger partial charge in [0.1, 0.15) is 6.04 Å². The second-order valence-electron chi connectivity index (χ2n) is 8.47. The minimum Gasteiger partial charge on any atom is -0.374 e. The Balaban J connectivity index is 1.27. The van der Waals surface area contributed by atoms with Gasteiger partial charge in [0.15, 0.2) is 0 Å². The molecule has 0 aromatic heterocycles. The Morgan fingerprint density at radius 2 is 1.53 bits per heavy atom. The van der Waals surface area contributed by atoms with Crippen LogP contribution in [0.1, 0.15) is 18.1 Å². The van der Waals surface area contributed by atoms with Gasteiger partial charge in [0, 0.05) is 49.8 Å². The lowest BCUT2D eigenvalue weighted by molar-refractivity contribution is -0.116. The Bertz CT molecular complexity index is 1010. The number of carbonyl (C=O) groups excluding carboxylic acids is 1. The summed E-state index contributed by atoms with van der Waals surface area (Å²) in [6, 6.07) is 26.6. The van der Waals surface area contributed by atoms with Crippen LogP contribution in [-0.2, 0) is 11.3 Å². The SMILES string of the molecule is Cc1ccccc1NC(=O)C(C)Nc1ccc(N2CCN(Cc3ccccc3)CC2)cc1. The smallest absolute Gasteiger partial charge is 0.246 e. The van der Waals surface area contributed by atoms with Gasteiger partial charge < -0.3 is 15.5 Å². The second-order valence-corrected chi connectivity index (χ2v) is 8.47. The highest BCUT2D eigenvalue weighted by molar-refractivity contribution is 5.96. The van der Waals surface area contributed by atoms with Crippen molar-refractivity contribution in [2.24, 2.45) is 0 Å². The number of para-hydroxylation sites is 1. The van der Waals surface area contributed by atoms with Crippen LogP contribution in [0.25, 0.3) is 0 Å². The molecule has 3 aromatic rings. The van der Waals surface area contributed by atoms with Crippen molar-refractivity contribution < 1.29 is 4.79 Å². The van der Waals surface area contributed by atoms with Crippen molar-refractivity contribution in [3.05, 3.63) is 90.0 Å². The maximum Gasteiger partial charge on any atom is 0.246 e. The Kier molecular flexibility index (Phi) is 7.07. The third-order valence-electron chi connectivity index (χ3n) is 6.03. The zero-order chi connectivity index (χ0) is 22.3. The molecule has 5 heteroatoms. The van der Waals surface area contributed by atoms with Gasteiger partial charge in [0.25, 0.3) is 0 Å². The van der Waals surface area contributed by atoms with E-state index in [0.717, 1.165) is 49.7 Å². The topological polar surface area (TPSA) is 47.6 Å². The van der Waals surface area contributed by atoms with Crippen LogP contribution in [0.2, 0.25) is 0 Å². The van der Waals surface area contributed by atoms with E-state index in [4.69, 9.17) is 0 Å². The van der Waals surface area contributed by atoms with E-state index in [2.05, 4.69) is 75.0 Å². The lowest BCUT2D eigenvalue weighted by atomic mass is 10.1. The predicted octanol–water partition coefficient (Wildman–Crippen LogP) is 4.76. The molecule has 1 aliphatic rings. The van der Waals surface area contributed by atoms with Crippen molar-refractivity contribution in [2.75, 3.05) is 41.7 Å².